The fourth-order valence-electron chi connectivity index (χ4n) is 1.46. The van der Waals surface area contributed by atoms with Crippen LogP contribution in [0.2, 0.25) is 0 Å². The number of nitrogens with one attached hydrogen (secondary N) is 1. The van der Waals surface area contributed by atoms with E-state index in [1.807, 2.05) is 5.48 Å². The molecule has 0 heterocycles. The molecular formula is C10H14FNO3. The lowest BCUT2D eigenvalue weighted by atomic mass is 10.1. The molecule has 0 fully saturated rings. The van der Waals surface area contributed by atoms with E-state index in [4.69, 9.17) is 14.7 Å². The Hall–Kier alpha value is -1.33. The standard InChI is InChI=1S/C10H14FNO3/c1-6-7(5-12-13)4-8(11)10(15-3)9(6)14-2/h4,12-13H,5H2,1-3H3. The van der Waals surface area contributed by atoms with Gasteiger partial charge in [-0.05, 0) is 24.1 Å². The maximum atomic E-state index is 13.5. The van der Waals surface area contributed by atoms with Crippen molar-refractivity contribution in [2.24, 2.45) is 0 Å². The van der Waals surface area contributed by atoms with Crippen LogP contribution in [0.25, 0.3) is 0 Å². The van der Waals surface area contributed by atoms with Gasteiger partial charge in [0.2, 0.25) is 0 Å². The average Bonchev–Trinajstić information content (AvgIpc) is 2.22. The number of benzene rings is 1. The van der Waals surface area contributed by atoms with Crippen molar-refractivity contribution in [2.75, 3.05) is 14.2 Å². The van der Waals surface area contributed by atoms with E-state index in [2.05, 4.69) is 0 Å². The van der Waals surface area contributed by atoms with Gasteiger partial charge in [-0.25, -0.2) is 9.87 Å². The topological polar surface area (TPSA) is 50.7 Å². The average molecular weight is 215 g/mol. The lowest BCUT2D eigenvalue weighted by Crippen LogP contribution is -2.09. The van der Waals surface area contributed by atoms with Gasteiger partial charge in [0.05, 0.1) is 14.2 Å². The van der Waals surface area contributed by atoms with Crippen molar-refractivity contribution in [3.8, 4) is 11.5 Å². The molecule has 0 unspecified atom stereocenters. The summed E-state index contributed by atoms with van der Waals surface area (Å²) >= 11 is 0. The van der Waals surface area contributed by atoms with E-state index in [0.29, 0.717) is 11.3 Å². The SMILES string of the molecule is COc1c(F)cc(CNO)c(C)c1OC. The van der Waals surface area contributed by atoms with Crippen LogP contribution >= 0.6 is 0 Å². The molecule has 1 aromatic rings. The highest BCUT2D eigenvalue weighted by molar-refractivity contribution is 5.51. The zero-order valence-electron chi connectivity index (χ0n) is 8.93. The van der Waals surface area contributed by atoms with Crippen LogP contribution in [0.15, 0.2) is 6.07 Å². The molecule has 0 radical (unpaired) electrons. The summed E-state index contributed by atoms with van der Waals surface area (Å²) in [5.41, 5.74) is 3.33. The largest absolute Gasteiger partial charge is 0.492 e. The minimum Gasteiger partial charge on any atom is -0.492 e. The molecule has 0 spiro atoms. The van der Waals surface area contributed by atoms with Crippen LogP contribution in [-0.4, -0.2) is 19.4 Å². The van der Waals surface area contributed by atoms with Gasteiger partial charge >= 0.3 is 0 Å². The van der Waals surface area contributed by atoms with Crippen molar-refractivity contribution < 1.29 is 19.1 Å². The van der Waals surface area contributed by atoms with Gasteiger partial charge in [0.15, 0.2) is 17.3 Å². The number of methoxy groups -OCH3 is 2. The molecule has 0 aromatic heterocycles. The summed E-state index contributed by atoms with van der Waals surface area (Å²) in [5.74, 6) is -0.0790. The quantitative estimate of drug-likeness (QED) is 0.749. The third-order valence-electron chi connectivity index (χ3n) is 2.22. The summed E-state index contributed by atoms with van der Waals surface area (Å²) in [6.07, 6.45) is 0. The van der Waals surface area contributed by atoms with Gasteiger partial charge < -0.3 is 14.7 Å². The van der Waals surface area contributed by atoms with Crippen molar-refractivity contribution in [1.82, 2.24) is 5.48 Å². The Morgan fingerprint density at radius 3 is 2.40 bits per heavy atom. The van der Waals surface area contributed by atoms with Crippen LogP contribution < -0.4 is 15.0 Å². The van der Waals surface area contributed by atoms with Crippen molar-refractivity contribution >= 4 is 0 Å². The zero-order valence-corrected chi connectivity index (χ0v) is 8.93. The summed E-state index contributed by atoms with van der Waals surface area (Å²) < 4.78 is 23.4. The highest BCUT2D eigenvalue weighted by atomic mass is 19.1. The molecule has 0 saturated heterocycles. The van der Waals surface area contributed by atoms with Gasteiger partial charge in [-0.2, -0.15) is 0 Å². The first-order valence-corrected chi connectivity index (χ1v) is 4.42. The van der Waals surface area contributed by atoms with Crippen LogP contribution in [-0.2, 0) is 6.54 Å². The molecule has 0 bridgehead atoms. The van der Waals surface area contributed by atoms with Gasteiger partial charge in [-0.3, -0.25) is 0 Å². The molecule has 0 saturated carbocycles. The van der Waals surface area contributed by atoms with Gasteiger partial charge in [0, 0.05) is 6.54 Å². The summed E-state index contributed by atoms with van der Waals surface area (Å²) in [7, 11) is 2.82. The Kier molecular flexibility index (Phi) is 3.88. The van der Waals surface area contributed by atoms with E-state index in [1.165, 1.54) is 20.3 Å². The van der Waals surface area contributed by atoms with Crippen LogP contribution in [0.4, 0.5) is 4.39 Å². The number of hydroxylamine groups is 1. The van der Waals surface area contributed by atoms with Crippen molar-refractivity contribution in [2.45, 2.75) is 13.5 Å². The first-order valence-electron chi connectivity index (χ1n) is 4.42. The Balaban J connectivity index is 3.30. The second-order valence-corrected chi connectivity index (χ2v) is 3.04. The van der Waals surface area contributed by atoms with Crippen LogP contribution in [0.3, 0.4) is 0 Å². The molecule has 1 aromatic carbocycles. The fourth-order valence-corrected chi connectivity index (χ4v) is 1.46. The van der Waals surface area contributed by atoms with E-state index < -0.39 is 5.82 Å². The Labute approximate surface area is 87.6 Å². The molecule has 1 rings (SSSR count). The van der Waals surface area contributed by atoms with Gasteiger partial charge in [-0.15, -0.1) is 0 Å². The van der Waals surface area contributed by atoms with Gasteiger partial charge in [0.25, 0.3) is 0 Å². The molecule has 0 amide bonds. The number of rotatable bonds is 4. The van der Waals surface area contributed by atoms with E-state index in [-0.39, 0.29) is 12.3 Å². The van der Waals surface area contributed by atoms with Crippen molar-refractivity contribution in [3.05, 3.63) is 23.0 Å². The molecule has 4 nitrogen and oxygen atoms in total. The Bertz CT molecular complexity index is 355. The van der Waals surface area contributed by atoms with Gasteiger partial charge in [-0.1, -0.05) is 0 Å². The highest BCUT2D eigenvalue weighted by Gasteiger charge is 2.16. The minimum atomic E-state index is -0.509. The summed E-state index contributed by atoms with van der Waals surface area (Å²) in [5, 5.41) is 8.58. The first kappa shape index (κ1) is 11.7. The normalized spacial score (nSPS) is 10.2. The molecule has 2 N–H and O–H groups in total. The summed E-state index contributed by atoms with van der Waals surface area (Å²) in [6.45, 7) is 1.93. The molecule has 15 heavy (non-hydrogen) atoms. The lowest BCUT2D eigenvalue weighted by molar-refractivity contribution is 0.160. The van der Waals surface area contributed by atoms with Crippen molar-refractivity contribution in [1.29, 1.82) is 0 Å². The maximum absolute atomic E-state index is 13.5. The minimum absolute atomic E-state index is 0.0803. The number of hydrogen-bond donors (Lipinski definition) is 2. The van der Waals surface area contributed by atoms with Crippen LogP contribution in [0.1, 0.15) is 11.1 Å². The van der Waals surface area contributed by atoms with E-state index in [0.717, 1.165) is 5.56 Å². The van der Waals surface area contributed by atoms with Crippen LogP contribution in [0.5, 0.6) is 11.5 Å². The fraction of sp³-hybridized carbons (Fsp3) is 0.400. The zero-order chi connectivity index (χ0) is 11.4. The van der Waals surface area contributed by atoms with Gasteiger partial charge in [0.1, 0.15) is 0 Å². The molecule has 5 heteroatoms. The maximum Gasteiger partial charge on any atom is 0.197 e. The van der Waals surface area contributed by atoms with E-state index >= 15 is 0 Å². The summed E-state index contributed by atoms with van der Waals surface area (Å²) in [6, 6.07) is 1.31. The van der Waals surface area contributed by atoms with Crippen LogP contribution in [0, 0.1) is 12.7 Å². The Morgan fingerprint density at radius 2 is 1.93 bits per heavy atom. The molecular weight excluding hydrogens is 201 g/mol. The Morgan fingerprint density at radius 1 is 1.33 bits per heavy atom. The number of ether oxygens (including phenoxy) is 2. The molecule has 0 aliphatic carbocycles. The second kappa shape index (κ2) is 4.95. The first-order chi connectivity index (χ1) is 7.15. The lowest BCUT2D eigenvalue weighted by Gasteiger charge is -2.14. The number of hydrogen-bond acceptors (Lipinski definition) is 4. The molecule has 0 aliphatic rings. The monoisotopic (exact) mass is 215 g/mol. The van der Waals surface area contributed by atoms with E-state index in [1.54, 1.807) is 6.92 Å². The highest BCUT2D eigenvalue weighted by Crippen LogP contribution is 2.35. The third-order valence-corrected chi connectivity index (χ3v) is 2.22. The predicted molar refractivity (Wildman–Crippen MR) is 52.9 cm³/mol. The molecule has 84 valence electrons. The number of halogens is 1. The third kappa shape index (κ3) is 2.19. The second-order valence-electron chi connectivity index (χ2n) is 3.04. The molecule has 0 atom stereocenters. The summed E-state index contributed by atoms with van der Waals surface area (Å²) in [4.78, 5) is 0. The van der Waals surface area contributed by atoms with E-state index in [9.17, 15) is 4.39 Å². The molecule has 0 aliphatic heterocycles. The smallest absolute Gasteiger partial charge is 0.197 e. The predicted octanol–water partition coefficient (Wildman–Crippen LogP) is 1.63. The van der Waals surface area contributed by atoms with Crippen molar-refractivity contribution in [3.63, 3.8) is 0 Å².